The first-order chi connectivity index (χ1) is 14.8. The molecule has 168 valence electrons. The first kappa shape index (κ1) is 23.5. The van der Waals surface area contributed by atoms with Gasteiger partial charge in [-0.2, -0.15) is 28.0 Å². The van der Waals surface area contributed by atoms with Crippen molar-refractivity contribution >= 4 is 10.0 Å². The predicted octanol–water partition coefficient (Wildman–Crippen LogP) is 4.07. The minimum Gasteiger partial charge on any atom is -0.488 e. The molecule has 2 aromatic carbocycles. The van der Waals surface area contributed by atoms with Crippen LogP contribution in [0.4, 0.5) is 17.6 Å². The van der Waals surface area contributed by atoms with E-state index in [1.54, 1.807) is 19.9 Å². The first-order valence-electron chi connectivity index (χ1n) is 9.27. The first-order valence-corrected chi connectivity index (χ1v) is 10.7. The molecule has 0 bridgehead atoms. The second-order valence-electron chi connectivity index (χ2n) is 7.97. The van der Waals surface area contributed by atoms with Crippen LogP contribution >= 0.6 is 0 Å². The maximum atomic E-state index is 13.9. The van der Waals surface area contributed by atoms with Gasteiger partial charge in [-0.25, -0.2) is 12.8 Å². The van der Waals surface area contributed by atoms with Gasteiger partial charge in [0.05, 0.1) is 28.1 Å². The number of hydrogen-bond acceptors (Lipinski definition) is 5. The molecule has 1 aliphatic heterocycles. The summed E-state index contributed by atoms with van der Waals surface area (Å²) in [6, 6.07) is 8.74. The lowest BCUT2D eigenvalue weighted by molar-refractivity contribution is -0.137. The summed E-state index contributed by atoms with van der Waals surface area (Å²) in [6.45, 7) is 3.25. The Kier molecular flexibility index (Phi) is 5.94. The molecule has 2 aromatic rings. The van der Waals surface area contributed by atoms with Crippen LogP contribution in [-0.4, -0.2) is 31.9 Å². The molecule has 0 N–H and O–H groups in total. The van der Waals surface area contributed by atoms with Crippen LogP contribution in [0.2, 0.25) is 0 Å². The van der Waals surface area contributed by atoms with Gasteiger partial charge in [0, 0.05) is 18.0 Å². The number of benzene rings is 2. The average Bonchev–Trinajstić information content (AvgIpc) is 3.01. The monoisotopic (exact) mass is 467 g/mol. The van der Waals surface area contributed by atoms with E-state index in [0.29, 0.717) is 12.1 Å². The highest BCUT2D eigenvalue weighted by molar-refractivity contribution is 7.89. The average molecular weight is 467 g/mol. The summed E-state index contributed by atoms with van der Waals surface area (Å²) >= 11 is 0. The standard InChI is InChI=1S/C21H17F4N3O3S/c1-20(2)12-28(11-19(20)31-16-5-3-13(9-26)17(22)8-16)32(29,30)18-6-4-15(21(23,24)25)7-14(18)10-27/h3-8,19H,11-12H2,1-2H3/t19-/m0/s1. The van der Waals surface area contributed by atoms with Crippen molar-refractivity contribution < 1.29 is 30.7 Å². The van der Waals surface area contributed by atoms with Gasteiger partial charge in [-0.1, -0.05) is 13.8 Å². The zero-order valence-corrected chi connectivity index (χ0v) is 17.8. The highest BCUT2D eigenvalue weighted by atomic mass is 32.2. The Hall–Kier alpha value is -3.15. The van der Waals surface area contributed by atoms with Gasteiger partial charge in [0.2, 0.25) is 10.0 Å². The van der Waals surface area contributed by atoms with E-state index in [-0.39, 0.29) is 24.4 Å². The molecule has 0 unspecified atom stereocenters. The molecule has 1 fully saturated rings. The normalized spacial score (nSPS) is 18.7. The van der Waals surface area contributed by atoms with Crippen LogP contribution in [0.5, 0.6) is 5.75 Å². The highest BCUT2D eigenvalue weighted by Gasteiger charge is 2.46. The molecular weight excluding hydrogens is 450 g/mol. The molecular formula is C21H17F4N3O3S. The van der Waals surface area contributed by atoms with Crippen molar-refractivity contribution in [3.8, 4) is 17.9 Å². The molecule has 1 aliphatic rings. The Balaban J connectivity index is 1.90. The summed E-state index contributed by atoms with van der Waals surface area (Å²) in [5, 5.41) is 18.1. The van der Waals surface area contributed by atoms with Crippen LogP contribution in [0.1, 0.15) is 30.5 Å². The van der Waals surface area contributed by atoms with Crippen molar-refractivity contribution in [1.82, 2.24) is 4.31 Å². The van der Waals surface area contributed by atoms with Crippen molar-refractivity contribution in [3.63, 3.8) is 0 Å². The van der Waals surface area contributed by atoms with Gasteiger partial charge in [0.25, 0.3) is 0 Å². The Morgan fingerprint density at radius 2 is 1.75 bits per heavy atom. The fourth-order valence-corrected chi connectivity index (χ4v) is 5.15. The number of hydrogen-bond donors (Lipinski definition) is 0. The quantitative estimate of drug-likeness (QED) is 0.632. The van der Waals surface area contributed by atoms with E-state index in [9.17, 15) is 31.2 Å². The van der Waals surface area contributed by atoms with E-state index in [0.717, 1.165) is 16.4 Å². The topological polar surface area (TPSA) is 94.2 Å². The van der Waals surface area contributed by atoms with Crippen LogP contribution in [0, 0.1) is 33.9 Å². The Bertz CT molecular complexity index is 1240. The number of rotatable bonds is 4. The predicted molar refractivity (Wildman–Crippen MR) is 104 cm³/mol. The van der Waals surface area contributed by atoms with Gasteiger partial charge < -0.3 is 4.74 Å². The maximum Gasteiger partial charge on any atom is 0.416 e. The fourth-order valence-electron chi connectivity index (χ4n) is 3.41. The summed E-state index contributed by atoms with van der Waals surface area (Å²) in [5.74, 6) is -0.681. The molecule has 0 amide bonds. The highest BCUT2D eigenvalue weighted by Crippen LogP contribution is 2.38. The molecule has 0 aliphatic carbocycles. The van der Waals surface area contributed by atoms with Gasteiger partial charge in [0.15, 0.2) is 0 Å². The van der Waals surface area contributed by atoms with Crippen molar-refractivity contribution in [2.24, 2.45) is 5.41 Å². The lowest BCUT2D eigenvalue weighted by Gasteiger charge is -2.26. The van der Waals surface area contributed by atoms with E-state index in [1.165, 1.54) is 18.2 Å². The molecule has 0 aromatic heterocycles. The van der Waals surface area contributed by atoms with Gasteiger partial charge in [-0.3, -0.25) is 0 Å². The van der Waals surface area contributed by atoms with Crippen molar-refractivity contribution in [2.45, 2.75) is 31.0 Å². The van der Waals surface area contributed by atoms with Crippen LogP contribution in [-0.2, 0) is 16.2 Å². The van der Waals surface area contributed by atoms with Crippen molar-refractivity contribution in [1.29, 1.82) is 10.5 Å². The zero-order chi connectivity index (χ0) is 23.9. The minimum atomic E-state index is -4.72. The van der Waals surface area contributed by atoms with Crippen LogP contribution in [0.15, 0.2) is 41.3 Å². The van der Waals surface area contributed by atoms with Crippen LogP contribution in [0.3, 0.4) is 0 Å². The fraction of sp³-hybridized carbons (Fsp3) is 0.333. The summed E-state index contributed by atoms with van der Waals surface area (Å²) in [4.78, 5) is -0.533. The molecule has 6 nitrogen and oxygen atoms in total. The molecule has 3 rings (SSSR count). The summed E-state index contributed by atoms with van der Waals surface area (Å²) in [7, 11) is -4.31. The Morgan fingerprint density at radius 3 is 2.31 bits per heavy atom. The molecule has 11 heteroatoms. The molecule has 0 spiro atoms. The smallest absolute Gasteiger partial charge is 0.416 e. The lowest BCUT2D eigenvalue weighted by atomic mass is 9.90. The number of alkyl halides is 3. The van der Waals surface area contributed by atoms with E-state index in [1.807, 2.05) is 0 Å². The largest absolute Gasteiger partial charge is 0.488 e. The molecule has 0 radical (unpaired) electrons. The third kappa shape index (κ3) is 4.40. The van der Waals surface area contributed by atoms with Crippen LogP contribution < -0.4 is 4.74 Å². The molecule has 1 saturated heterocycles. The Labute approximate surface area is 182 Å². The van der Waals surface area contributed by atoms with Crippen molar-refractivity contribution in [3.05, 3.63) is 58.9 Å². The van der Waals surface area contributed by atoms with E-state index in [2.05, 4.69) is 0 Å². The van der Waals surface area contributed by atoms with Crippen LogP contribution in [0.25, 0.3) is 0 Å². The summed E-state index contributed by atoms with van der Waals surface area (Å²) in [5.41, 5.74) is -2.65. The van der Waals surface area contributed by atoms with E-state index >= 15 is 0 Å². The van der Waals surface area contributed by atoms with E-state index < -0.39 is 49.6 Å². The van der Waals surface area contributed by atoms with Gasteiger partial charge in [-0.05, 0) is 30.3 Å². The Morgan fingerprint density at radius 1 is 1.09 bits per heavy atom. The molecule has 0 saturated carbocycles. The third-order valence-electron chi connectivity index (χ3n) is 5.21. The SMILES string of the molecule is CC1(C)CN(S(=O)(=O)c2ccc(C(F)(F)F)cc2C#N)C[C@@H]1Oc1ccc(C#N)c(F)c1. The van der Waals surface area contributed by atoms with Gasteiger partial charge in [-0.15, -0.1) is 0 Å². The maximum absolute atomic E-state index is 13.9. The van der Waals surface area contributed by atoms with Gasteiger partial charge >= 0.3 is 6.18 Å². The number of nitriles is 2. The molecule has 1 heterocycles. The minimum absolute atomic E-state index is 0.0371. The number of sulfonamides is 1. The summed E-state index contributed by atoms with van der Waals surface area (Å²) in [6.07, 6.45) is -5.44. The van der Waals surface area contributed by atoms with Gasteiger partial charge in [0.1, 0.15) is 29.8 Å². The third-order valence-corrected chi connectivity index (χ3v) is 7.08. The molecule has 1 atom stereocenters. The van der Waals surface area contributed by atoms with E-state index in [4.69, 9.17) is 10.00 Å². The zero-order valence-electron chi connectivity index (χ0n) is 16.9. The second kappa shape index (κ2) is 8.08. The number of halogens is 4. The number of ether oxygens (including phenoxy) is 1. The molecule has 32 heavy (non-hydrogen) atoms. The number of nitrogens with zero attached hydrogens (tertiary/aromatic N) is 3. The lowest BCUT2D eigenvalue weighted by Crippen LogP contribution is -2.33. The second-order valence-corrected chi connectivity index (χ2v) is 9.87. The summed E-state index contributed by atoms with van der Waals surface area (Å²) < 4.78 is 85.8. The van der Waals surface area contributed by atoms with Crippen molar-refractivity contribution in [2.75, 3.05) is 13.1 Å².